The number of aromatic carboxylic acids is 1. The molecular weight excluding hydrogens is 272 g/mol. The van der Waals surface area contributed by atoms with Crippen molar-refractivity contribution in [1.29, 1.82) is 0 Å². The van der Waals surface area contributed by atoms with Crippen LogP contribution < -0.4 is 4.74 Å². The number of ether oxygens (including phenoxy) is 1. The molecule has 0 bridgehead atoms. The highest BCUT2D eigenvalue weighted by Gasteiger charge is 2.09. The maximum atomic E-state index is 11.1. The van der Waals surface area contributed by atoms with Crippen LogP contribution in [0.4, 0.5) is 0 Å². The molecule has 0 saturated heterocycles. The van der Waals surface area contributed by atoms with E-state index in [0.29, 0.717) is 17.9 Å². The first-order chi connectivity index (χ1) is 9.70. The molecule has 1 N–H and O–H groups in total. The normalized spacial score (nSPS) is 10.2. The predicted molar refractivity (Wildman–Crippen MR) is 80.6 cm³/mol. The highest BCUT2D eigenvalue weighted by Crippen LogP contribution is 2.27. The fraction of sp³-hybridized carbons (Fsp3) is 0.188. The molecule has 0 unspecified atom stereocenters. The smallest absolute Gasteiger partial charge is 0.335 e. The second-order valence-electron chi connectivity index (χ2n) is 4.16. The quantitative estimate of drug-likeness (QED) is 0.814. The summed E-state index contributed by atoms with van der Waals surface area (Å²) >= 11 is 1.60. The highest BCUT2D eigenvalue weighted by atomic mass is 32.2. The Bertz CT molecular complexity index is 596. The second kappa shape index (κ2) is 7.01. The summed E-state index contributed by atoms with van der Waals surface area (Å²) in [6.45, 7) is 2.58. The number of carbonyl (C=O) groups is 1. The highest BCUT2D eigenvalue weighted by molar-refractivity contribution is 7.98. The Morgan fingerprint density at radius 1 is 1.20 bits per heavy atom. The van der Waals surface area contributed by atoms with Gasteiger partial charge in [0, 0.05) is 10.6 Å². The van der Waals surface area contributed by atoms with Crippen molar-refractivity contribution in [3.8, 4) is 5.75 Å². The van der Waals surface area contributed by atoms with Crippen LogP contribution in [-0.2, 0) is 5.75 Å². The molecule has 0 saturated carbocycles. The summed E-state index contributed by atoms with van der Waals surface area (Å²) in [7, 11) is 0. The van der Waals surface area contributed by atoms with Gasteiger partial charge in [0.2, 0.25) is 0 Å². The zero-order valence-electron chi connectivity index (χ0n) is 11.2. The minimum absolute atomic E-state index is 0.362. The van der Waals surface area contributed by atoms with Crippen LogP contribution in [0.1, 0.15) is 22.8 Å². The van der Waals surface area contributed by atoms with Crippen molar-refractivity contribution in [2.24, 2.45) is 0 Å². The van der Waals surface area contributed by atoms with Crippen molar-refractivity contribution in [3.05, 3.63) is 59.7 Å². The van der Waals surface area contributed by atoms with E-state index >= 15 is 0 Å². The third-order valence-electron chi connectivity index (χ3n) is 2.76. The van der Waals surface area contributed by atoms with E-state index in [2.05, 4.69) is 0 Å². The van der Waals surface area contributed by atoms with Gasteiger partial charge in [-0.1, -0.05) is 24.3 Å². The summed E-state index contributed by atoms with van der Waals surface area (Å²) in [6, 6.07) is 14.9. The molecule has 2 aromatic rings. The molecule has 0 atom stereocenters. The fourth-order valence-corrected chi connectivity index (χ4v) is 2.78. The van der Waals surface area contributed by atoms with Crippen LogP contribution in [0.25, 0.3) is 0 Å². The first-order valence-electron chi connectivity index (χ1n) is 6.37. The zero-order chi connectivity index (χ0) is 14.4. The van der Waals surface area contributed by atoms with Crippen molar-refractivity contribution in [1.82, 2.24) is 0 Å². The van der Waals surface area contributed by atoms with Crippen molar-refractivity contribution in [2.45, 2.75) is 17.6 Å². The Kier molecular flexibility index (Phi) is 5.07. The largest absolute Gasteiger partial charge is 0.494 e. The lowest BCUT2D eigenvalue weighted by Crippen LogP contribution is -2.00. The summed E-state index contributed by atoms with van der Waals surface area (Å²) in [5, 5.41) is 9.15. The summed E-state index contributed by atoms with van der Waals surface area (Å²) in [4.78, 5) is 12.2. The first kappa shape index (κ1) is 14.5. The molecule has 0 radical (unpaired) electrons. The third kappa shape index (κ3) is 3.78. The number of carboxylic acid groups (broad SMARTS) is 1. The lowest BCUT2D eigenvalue weighted by atomic mass is 10.1. The molecule has 0 fully saturated rings. The van der Waals surface area contributed by atoms with Gasteiger partial charge in [-0.3, -0.25) is 0 Å². The van der Waals surface area contributed by atoms with Crippen LogP contribution in [0.2, 0.25) is 0 Å². The Balaban J connectivity index is 2.09. The zero-order valence-corrected chi connectivity index (χ0v) is 12.0. The van der Waals surface area contributed by atoms with E-state index in [1.54, 1.807) is 23.9 Å². The maximum absolute atomic E-state index is 11.1. The Morgan fingerprint density at radius 2 is 2.00 bits per heavy atom. The summed E-state index contributed by atoms with van der Waals surface area (Å²) in [5.74, 6) is 0.575. The lowest BCUT2D eigenvalue weighted by Gasteiger charge is -2.07. The minimum atomic E-state index is -0.885. The van der Waals surface area contributed by atoms with E-state index in [0.717, 1.165) is 16.2 Å². The van der Waals surface area contributed by atoms with Crippen molar-refractivity contribution in [2.75, 3.05) is 6.61 Å². The Labute approximate surface area is 122 Å². The second-order valence-corrected chi connectivity index (χ2v) is 5.21. The van der Waals surface area contributed by atoms with Crippen molar-refractivity contribution < 1.29 is 14.6 Å². The van der Waals surface area contributed by atoms with Gasteiger partial charge in [-0.15, -0.1) is 11.8 Å². The standard InChI is InChI=1S/C16H16O3S/c1-2-19-13-7-5-8-14(10-13)20-11-12-6-3-4-9-15(12)16(17)18/h3-10H,2,11H2,1H3,(H,17,18). The molecular formula is C16H16O3S. The molecule has 0 aliphatic rings. The van der Waals surface area contributed by atoms with Crippen LogP contribution in [0.3, 0.4) is 0 Å². The van der Waals surface area contributed by atoms with Gasteiger partial charge in [0.1, 0.15) is 5.75 Å². The fourth-order valence-electron chi connectivity index (χ4n) is 1.84. The first-order valence-corrected chi connectivity index (χ1v) is 7.36. The molecule has 20 heavy (non-hydrogen) atoms. The van der Waals surface area contributed by atoms with Gasteiger partial charge in [-0.05, 0) is 36.8 Å². The van der Waals surface area contributed by atoms with Gasteiger partial charge >= 0.3 is 5.97 Å². The van der Waals surface area contributed by atoms with E-state index in [-0.39, 0.29) is 0 Å². The maximum Gasteiger partial charge on any atom is 0.335 e. The molecule has 0 spiro atoms. The molecule has 3 nitrogen and oxygen atoms in total. The number of hydrogen-bond acceptors (Lipinski definition) is 3. The Morgan fingerprint density at radius 3 is 2.75 bits per heavy atom. The van der Waals surface area contributed by atoms with Crippen LogP contribution in [0.15, 0.2) is 53.4 Å². The molecule has 104 valence electrons. The molecule has 0 amide bonds. The number of benzene rings is 2. The van der Waals surface area contributed by atoms with Crippen molar-refractivity contribution >= 4 is 17.7 Å². The van der Waals surface area contributed by atoms with E-state index in [4.69, 9.17) is 9.84 Å². The van der Waals surface area contributed by atoms with E-state index in [1.165, 1.54) is 0 Å². The molecule has 2 aromatic carbocycles. The van der Waals surface area contributed by atoms with E-state index in [9.17, 15) is 4.79 Å². The van der Waals surface area contributed by atoms with Gasteiger partial charge in [0.05, 0.1) is 12.2 Å². The van der Waals surface area contributed by atoms with E-state index < -0.39 is 5.97 Å². The molecule has 0 aromatic heterocycles. The van der Waals surface area contributed by atoms with Crippen molar-refractivity contribution in [3.63, 3.8) is 0 Å². The topological polar surface area (TPSA) is 46.5 Å². The van der Waals surface area contributed by atoms with Crippen LogP contribution in [-0.4, -0.2) is 17.7 Å². The summed E-state index contributed by atoms with van der Waals surface area (Å²) in [5.41, 5.74) is 1.19. The number of rotatable bonds is 6. The average Bonchev–Trinajstić information content (AvgIpc) is 2.46. The van der Waals surface area contributed by atoms with E-state index in [1.807, 2.05) is 43.3 Å². The van der Waals surface area contributed by atoms with Crippen LogP contribution in [0.5, 0.6) is 5.75 Å². The third-order valence-corrected chi connectivity index (χ3v) is 3.80. The number of carboxylic acids is 1. The summed E-state index contributed by atoms with van der Waals surface area (Å²) < 4.78 is 5.45. The van der Waals surface area contributed by atoms with Crippen LogP contribution >= 0.6 is 11.8 Å². The van der Waals surface area contributed by atoms with Gasteiger partial charge in [0.15, 0.2) is 0 Å². The monoisotopic (exact) mass is 288 g/mol. The summed E-state index contributed by atoms with van der Waals surface area (Å²) in [6.07, 6.45) is 0. The number of hydrogen-bond donors (Lipinski definition) is 1. The van der Waals surface area contributed by atoms with Crippen LogP contribution in [0, 0.1) is 0 Å². The molecule has 0 aliphatic carbocycles. The number of thioether (sulfide) groups is 1. The van der Waals surface area contributed by atoms with Gasteiger partial charge < -0.3 is 9.84 Å². The SMILES string of the molecule is CCOc1cccc(SCc2ccccc2C(=O)O)c1. The molecule has 2 rings (SSSR count). The average molecular weight is 288 g/mol. The molecule has 4 heteroatoms. The van der Waals surface area contributed by atoms with Gasteiger partial charge in [-0.25, -0.2) is 4.79 Å². The lowest BCUT2D eigenvalue weighted by molar-refractivity contribution is 0.0696. The Hall–Kier alpha value is -1.94. The predicted octanol–water partition coefficient (Wildman–Crippen LogP) is 4.08. The minimum Gasteiger partial charge on any atom is -0.494 e. The van der Waals surface area contributed by atoms with Gasteiger partial charge in [0.25, 0.3) is 0 Å². The van der Waals surface area contributed by atoms with Gasteiger partial charge in [-0.2, -0.15) is 0 Å². The molecule has 0 heterocycles. The molecule has 0 aliphatic heterocycles.